The van der Waals surface area contributed by atoms with Crippen LogP contribution in [0.2, 0.25) is 0 Å². The average molecular weight is 341 g/mol. The summed E-state index contributed by atoms with van der Waals surface area (Å²) in [6, 6.07) is 12.1. The molecule has 1 aliphatic rings. The number of fused-ring (bicyclic) bond motifs is 1. The minimum absolute atomic E-state index is 0.0421. The predicted octanol–water partition coefficient (Wildman–Crippen LogP) is 3.21. The zero-order chi connectivity index (χ0) is 17.6. The van der Waals surface area contributed by atoms with Crippen LogP contribution >= 0.6 is 0 Å². The van der Waals surface area contributed by atoms with Crippen molar-refractivity contribution in [1.29, 1.82) is 0 Å². The quantitative estimate of drug-likeness (QED) is 0.782. The van der Waals surface area contributed by atoms with Crippen LogP contribution in [-0.4, -0.2) is 32.8 Å². The van der Waals surface area contributed by atoms with E-state index in [4.69, 9.17) is 4.74 Å². The van der Waals surface area contributed by atoms with Crippen molar-refractivity contribution in [2.24, 2.45) is 5.92 Å². The van der Waals surface area contributed by atoms with E-state index in [0.717, 1.165) is 54.6 Å². The van der Waals surface area contributed by atoms with Crippen molar-refractivity contribution in [3.63, 3.8) is 0 Å². The van der Waals surface area contributed by atoms with Gasteiger partial charge in [-0.2, -0.15) is 0 Å². The second kappa shape index (κ2) is 8.21. The number of piperidine rings is 1. The average Bonchev–Trinajstić information content (AvgIpc) is 2.66. The number of benzene rings is 2. The van der Waals surface area contributed by atoms with Crippen LogP contribution in [0.25, 0.3) is 10.8 Å². The van der Waals surface area contributed by atoms with E-state index < -0.39 is 0 Å². The van der Waals surface area contributed by atoms with Gasteiger partial charge in [0, 0.05) is 6.54 Å². The highest BCUT2D eigenvalue weighted by Gasteiger charge is 2.15. The minimum atomic E-state index is -0.0964. The summed E-state index contributed by atoms with van der Waals surface area (Å²) in [6.07, 6.45) is 2.26. The molecule has 134 valence electrons. The first-order chi connectivity index (χ1) is 12.2. The van der Waals surface area contributed by atoms with Crippen molar-refractivity contribution in [3.05, 3.63) is 42.0 Å². The molecule has 1 saturated heterocycles. The molecule has 0 spiro atoms. The van der Waals surface area contributed by atoms with E-state index in [1.54, 1.807) is 7.11 Å². The van der Waals surface area contributed by atoms with Gasteiger partial charge in [-0.25, -0.2) is 4.79 Å². The molecule has 2 aromatic carbocycles. The number of nitrogens with one attached hydrogen (secondary N) is 3. The number of hydrogen-bond acceptors (Lipinski definition) is 3. The number of carbonyl (C=O) groups excluding carboxylic acids is 1. The lowest BCUT2D eigenvalue weighted by Gasteiger charge is -2.23. The Morgan fingerprint density at radius 3 is 2.68 bits per heavy atom. The Morgan fingerprint density at radius 1 is 1.20 bits per heavy atom. The van der Waals surface area contributed by atoms with Gasteiger partial charge in [0.1, 0.15) is 5.75 Å². The second-order valence-corrected chi connectivity index (χ2v) is 6.74. The Bertz CT molecular complexity index is 726. The van der Waals surface area contributed by atoms with Crippen molar-refractivity contribution >= 4 is 16.8 Å². The largest absolute Gasteiger partial charge is 0.497 e. The standard InChI is InChI=1S/C20H27N3O2/c1-14(23-20(24)22-13-15-7-9-21-10-8-15)16-3-4-18-12-19(25-2)6-5-17(18)11-16/h3-6,11-12,14-15,21H,7-10,13H2,1-2H3,(H2,22,23,24)/t14-/m0/s1. The van der Waals surface area contributed by atoms with Gasteiger partial charge in [0.05, 0.1) is 13.2 Å². The third-order valence-electron chi connectivity index (χ3n) is 4.93. The maximum atomic E-state index is 12.2. The molecular weight excluding hydrogens is 314 g/mol. The molecule has 0 aliphatic carbocycles. The molecule has 2 aromatic rings. The summed E-state index contributed by atoms with van der Waals surface area (Å²) in [5.74, 6) is 1.43. The highest BCUT2D eigenvalue weighted by atomic mass is 16.5. The van der Waals surface area contributed by atoms with Gasteiger partial charge >= 0.3 is 6.03 Å². The fourth-order valence-electron chi connectivity index (χ4n) is 3.29. The van der Waals surface area contributed by atoms with Gasteiger partial charge in [-0.05, 0) is 73.3 Å². The monoisotopic (exact) mass is 341 g/mol. The number of urea groups is 1. The first-order valence-electron chi connectivity index (χ1n) is 8.98. The normalized spacial score (nSPS) is 16.4. The maximum Gasteiger partial charge on any atom is 0.315 e. The first kappa shape index (κ1) is 17.5. The van der Waals surface area contributed by atoms with Crippen molar-refractivity contribution in [2.75, 3.05) is 26.7 Å². The van der Waals surface area contributed by atoms with Crippen LogP contribution in [0.3, 0.4) is 0 Å². The van der Waals surface area contributed by atoms with E-state index in [-0.39, 0.29) is 12.1 Å². The van der Waals surface area contributed by atoms with E-state index in [2.05, 4.69) is 34.1 Å². The molecule has 1 heterocycles. The molecule has 0 bridgehead atoms. The summed E-state index contributed by atoms with van der Waals surface area (Å²) in [5, 5.41) is 11.7. The lowest BCUT2D eigenvalue weighted by atomic mass is 9.98. The molecule has 0 aromatic heterocycles. The topological polar surface area (TPSA) is 62.4 Å². The summed E-state index contributed by atoms with van der Waals surface area (Å²) >= 11 is 0. The summed E-state index contributed by atoms with van der Waals surface area (Å²) in [6.45, 7) is 4.85. The summed E-state index contributed by atoms with van der Waals surface area (Å²) in [7, 11) is 1.67. The lowest BCUT2D eigenvalue weighted by Crippen LogP contribution is -2.41. The fraction of sp³-hybridized carbons (Fsp3) is 0.450. The zero-order valence-electron chi connectivity index (χ0n) is 15.0. The van der Waals surface area contributed by atoms with E-state index in [1.807, 2.05) is 25.1 Å². The van der Waals surface area contributed by atoms with Crippen molar-refractivity contribution in [3.8, 4) is 5.75 Å². The smallest absolute Gasteiger partial charge is 0.315 e. The Morgan fingerprint density at radius 2 is 1.92 bits per heavy atom. The minimum Gasteiger partial charge on any atom is -0.497 e. The molecule has 3 rings (SSSR count). The number of methoxy groups -OCH3 is 1. The SMILES string of the molecule is COc1ccc2cc([C@H](C)NC(=O)NCC3CCNCC3)ccc2c1. The van der Waals surface area contributed by atoms with Crippen LogP contribution < -0.4 is 20.7 Å². The zero-order valence-corrected chi connectivity index (χ0v) is 15.0. The Kier molecular flexibility index (Phi) is 5.76. The van der Waals surface area contributed by atoms with Crippen LogP contribution in [0.5, 0.6) is 5.75 Å². The second-order valence-electron chi connectivity index (χ2n) is 6.74. The molecule has 0 saturated carbocycles. The Hall–Kier alpha value is -2.27. The third kappa shape index (κ3) is 4.63. The van der Waals surface area contributed by atoms with Crippen LogP contribution in [0.15, 0.2) is 36.4 Å². The maximum absolute atomic E-state index is 12.2. The number of amides is 2. The van der Waals surface area contributed by atoms with Crippen molar-refractivity contribution < 1.29 is 9.53 Å². The molecule has 1 atom stereocenters. The molecule has 5 nitrogen and oxygen atoms in total. The lowest BCUT2D eigenvalue weighted by molar-refractivity contribution is 0.234. The number of ether oxygens (including phenoxy) is 1. The van der Waals surface area contributed by atoms with Crippen molar-refractivity contribution in [2.45, 2.75) is 25.8 Å². The molecule has 1 aliphatic heterocycles. The molecule has 5 heteroatoms. The van der Waals surface area contributed by atoms with Crippen molar-refractivity contribution in [1.82, 2.24) is 16.0 Å². The number of rotatable bonds is 5. The van der Waals surface area contributed by atoms with E-state index in [1.165, 1.54) is 0 Å². The molecule has 2 amide bonds. The molecule has 3 N–H and O–H groups in total. The van der Waals surface area contributed by atoms with E-state index in [0.29, 0.717) is 5.92 Å². The van der Waals surface area contributed by atoms with Crippen LogP contribution in [0, 0.1) is 5.92 Å². The highest BCUT2D eigenvalue weighted by molar-refractivity contribution is 5.85. The number of carbonyl (C=O) groups is 1. The van der Waals surface area contributed by atoms with E-state index in [9.17, 15) is 4.79 Å². The van der Waals surface area contributed by atoms with Gasteiger partial charge < -0.3 is 20.7 Å². The van der Waals surface area contributed by atoms with Gasteiger partial charge in [0.15, 0.2) is 0 Å². The van der Waals surface area contributed by atoms with Gasteiger partial charge in [-0.15, -0.1) is 0 Å². The van der Waals surface area contributed by atoms with Gasteiger partial charge in [0.2, 0.25) is 0 Å². The molecule has 0 radical (unpaired) electrons. The molecule has 0 unspecified atom stereocenters. The van der Waals surface area contributed by atoms with Gasteiger partial charge in [-0.3, -0.25) is 0 Å². The number of hydrogen-bond donors (Lipinski definition) is 3. The van der Waals surface area contributed by atoms with Crippen LogP contribution in [0.4, 0.5) is 4.79 Å². The molecule has 25 heavy (non-hydrogen) atoms. The third-order valence-corrected chi connectivity index (χ3v) is 4.93. The van der Waals surface area contributed by atoms with Gasteiger partial charge in [0.25, 0.3) is 0 Å². The summed E-state index contributed by atoms with van der Waals surface area (Å²) in [5.41, 5.74) is 1.09. The Balaban J connectivity index is 1.57. The van der Waals surface area contributed by atoms with Crippen LogP contribution in [0.1, 0.15) is 31.4 Å². The molecule has 1 fully saturated rings. The first-order valence-corrected chi connectivity index (χ1v) is 8.98. The van der Waals surface area contributed by atoms with E-state index >= 15 is 0 Å². The van der Waals surface area contributed by atoms with Gasteiger partial charge in [-0.1, -0.05) is 18.2 Å². The predicted molar refractivity (Wildman–Crippen MR) is 101 cm³/mol. The Labute approximate surface area is 149 Å². The highest BCUT2D eigenvalue weighted by Crippen LogP contribution is 2.24. The molecular formula is C20H27N3O2. The summed E-state index contributed by atoms with van der Waals surface area (Å²) in [4.78, 5) is 12.2. The van der Waals surface area contributed by atoms with Crippen LogP contribution in [-0.2, 0) is 0 Å². The summed E-state index contributed by atoms with van der Waals surface area (Å²) < 4.78 is 5.26. The fourth-order valence-corrected chi connectivity index (χ4v) is 3.29.